The molecule has 2 heterocycles. The third-order valence-electron chi connectivity index (χ3n) is 2.63. The molecule has 2 atom stereocenters. The molecule has 4 nitrogen and oxygen atoms in total. The minimum absolute atomic E-state index is 0.447. The molecule has 1 saturated heterocycles. The molecule has 0 saturated carbocycles. The van der Waals surface area contributed by atoms with Gasteiger partial charge in [-0.15, -0.1) is 0 Å². The molecule has 0 spiro atoms. The first-order chi connectivity index (χ1) is 7.16. The third kappa shape index (κ3) is 2.46. The van der Waals surface area contributed by atoms with E-state index in [2.05, 4.69) is 50.0 Å². The van der Waals surface area contributed by atoms with Crippen LogP contribution in [0.3, 0.4) is 0 Å². The molecule has 0 bridgehead atoms. The Morgan fingerprint density at radius 1 is 1.40 bits per heavy atom. The smallest absolute Gasteiger partial charge is 0.225 e. The van der Waals surface area contributed by atoms with Crippen LogP contribution in [0.2, 0.25) is 0 Å². The number of piperazine rings is 1. The van der Waals surface area contributed by atoms with E-state index in [1.54, 1.807) is 12.4 Å². The van der Waals surface area contributed by atoms with E-state index >= 15 is 0 Å². The van der Waals surface area contributed by atoms with Crippen LogP contribution < -0.4 is 10.2 Å². The summed E-state index contributed by atoms with van der Waals surface area (Å²) in [5.41, 5.74) is 0. The molecule has 82 valence electrons. The summed E-state index contributed by atoms with van der Waals surface area (Å²) >= 11 is 3.34. The van der Waals surface area contributed by atoms with E-state index in [0.717, 1.165) is 23.5 Å². The summed E-state index contributed by atoms with van der Waals surface area (Å²) in [6.45, 7) is 6.31. The molecular weight excluding hydrogens is 256 g/mol. The Labute approximate surface area is 98.2 Å². The molecule has 0 aromatic carbocycles. The van der Waals surface area contributed by atoms with Gasteiger partial charge in [0.25, 0.3) is 0 Å². The molecule has 1 aliphatic rings. The molecule has 1 aromatic heterocycles. The fourth-order valence-corrected chi connectivity index (χ4v) is 1.96. The van der Waals surface area contributed by atoms with Crippen LogP contribution in [-0.2, 0) is 0 Å². The Morgan fingerprint density at radius 3 is 2.73 bits per heavy atom. The number of anilines is 1. The van der Waals surface area contributed by atoms with Gasteiger partial charge in [-0.25, -0.2) is 9.97 Å². The average molecular weight is 271 g/mol. The van der Waals surface area contributed by atoms with Gasteiger partial charge in [-0.2, -0.15) is 0 Å². The van der Waals surface area contributed by atoms with E-state index in [0.29, 0.717) is 12.1 Å². The van der Waals surface area contributed by atoms with Gasteiger partial charge >= 0.3 is 0 Å². The van der Waals surface area contributed by atoms with Gasteiger partial charge < -0.3 is 10.2 Å². The van der Waals surface area contributed by atoms with E-state index < -0.39 is 0 Å². The number of rotatable bonds is 1. The first-order valence-corrected chi connectivity index (χ1v) is 5.93. The SMILES string of the molecule is CC1CN(c2ncc(Br)cn2)C(C)CN1. The molecule has 0 radical (unpaired) electrons. The van der Waals surface area contributed by atoms with Crippen LogP contribution in [0.25, 0.3) is 0 Å². The zero-order valence-corrected chi connectivity index (χ0v) is 10.5. The number of hydrogen-bond acceptors (Lipinski definition) is 4. The van der Waals surface area contributed by atoms with Crippen molar-refractivity contribution >= 4 is 21.9 Å². The van der Waals surface area contributed by atoms with Crippen LogP contribution >= 0.6 is 15.9 Å². The van der Waals surface area contributed by atoms with Gasteiger partial charge in [0.15, 0.2) is 0 Å². The largest absolute Gasteiger partial charge is 0.335 e. The molecule has 0 amide bonds. The van der Waals surface area contributed by atoms with Gasteiger partial charge in [-0.05, 0) is 29.8 Å². The summed E-state index contributed by atoms with van der Waals surface area (Å²) in [5, 5.41) is 3.44. The van der Waals surface area contributed by atoms with Gasteiger partial charge in [0, 0.05) is 37.6 Å². The van der Waals surface area contributed by atoms with Crippen LogP contribution in [0.1, 0.15) is 13.8 Å². The van der Waals surface area contributed by atoms with Gasteiger partial charge in [0.1, 0.15) is 0 Å². The van der Waals surface area contributed by atoms with Crippen molar-refractivity contribution in [1.29, 1.82) is 0 Å². The second-order valence-electron chi connectivity index (χ2n) is 4.01. The first kappa shape index (κ1) is 10.8. The predicted molar refractivity (Wildman–Crippen MR) is 64.0 cm³/mol. The Morgan fingerprint density at radius 2 is 2.07 bits per heavy atom. The number of halogens is 1. The topological polar surface area (TPSA) is 41.1 Å². The highest BCUT2D eigenvalue weighted by molar-refractivity contribution is 9.10. The van der Waals surface area contributed by atoms with Crippen LogP contribution in [0.4, 0.5) is 5.95 Å². The molecule has 15 heavy (non-hydrogen) atoms. The summed E-state index contributed by atoms with van der Waals surface area (Å²) in [5.74, 6) is 0.819. The van der Waals surface area contributed by atoms with Crippen LogP contribution in [0.5, 0.6) is 0 Å². The summed E-state index contributed by atoms with van der Waals surface area (Å²) < 4.78 is 0.919. The Kier molecular flexibility index (Phi) is 3.21. The Balaban J connectivity index is 2.17. The van der Waals surface area contributed by atoms with Crippen molar-refractivity contribution in [2.75, 3.05) is 18.0 Å². The second-order valence-corrected chi connectivity index (χ2v) is 4.93. The zero-order chi connectivity index (χ0) is 10.8. The molecule has 1 aromatic rings. The maximum absolute atomic E-state index is 4.33. The molecule has 1 aliphatic heterocycles. The lowest BCUT2D eigenvalue weighted by Gasteiger charge is -2.37. The molecule has 2 unspecified atom stereocenters. The summed E-state index contributed by atoms with van der Waals surface area (Å²) in [7, 11) is 0. The van der Waals surface area contributed by atoms with E-state index in [4.69, 9.17) is 0 Å². The lowest BCUT2D eigenvalue weighted by molar-refractivity contribution is 0.419. The van der Waals surface area contributed by atoms with Crippen molar-refractivity contribution in [1.82, 2.24) is 15.3 Å². The highest BCUT2D eigenvalue weighted by atomic mass is 79.9. The van der Waals surface area contributed by atoms with Crippen LogP contribution in [0.15, 0.2) is 16.9 Å². The van der Waals surface area contributed by atoms with E-state index in [-0.39, 0.29) is 0 Å². The maximum Gasteiger partial charge on any atom is 0.225 e. The quantitative estimate of drug-likeness (QED) is 0.838. The maximum atomic E-state index is 4.33. The number of aromatic nitrogens is 2. The highest BCUT2D eigenvalue weighted by Crippen LogP contribution is 2.16. The average Bonchev–Trinajstić information content (AvgIpc) is 2.23. The lowest BCUT2D eigenvalue weighted by Crippen LogP contribution is -2.55. The molecule has 1 fully saturated rings. The molecular formula is C10H15BrN4. The van der Waals surface area contributed by atoms with Crippen molar-refractivity contribution in [3.63, 3.8) is 0 Å². The molecule has 1 N–H and O–H groups in total. The number of nitrogens with one attached hydrogen (secondary N) is 1. The Hall–Kier alpha value is -0.680. The van der Waals surface area contributed by atoms with Crippen LogP contribution in [-0.4, -0.2) is 35.1 Å². The fraction of sp³-hybridized carbons (Fsp3) is 0.600. The van der Waals surface area contributed by atoms with Gasteiger partial charge in [-0.3, -0.25) is 0 Å². The van der Waals surface area contributed by atoms with Gasteiger partial charge in [-0.1, -0.05) is 0 Å². The van der Waals surface area contributed by atoms with Crippen molar-refractivity contribution in [3.8, 4) is 0 Å². The van der Waals surface area contributed by atoms with Crippen molar-refractivity contribution < 1.29 is 0 Å². The monoisotopic (exact) mass is 270 g/mol. The third-order valence-corrected chi connectivity index (χ3v) is 3.04. The van der Waals surface area contributed by atoms with E-state index in [1.165, 1.54) is 0 Å². The van der Waals surface area contributed by atoms with E-state index in [1.807, 2.05) is 0 Å². The second kappa shape index (κ2) is 4.45. The number of nitrogens with zero attached hydrogens (tertiary/aromatic N) is 3. The standard InChI is InChI=1S/C10H15BrN4/c1-7-6-15(8(2)3-12-7)10-13-4-9(11)5-14-10/h4-5,7-8,12H,3,6H2,1-2H3. The minimum atomic E-state index is 0.447. The lowest BCUT2D eigenvalue weighted by atomic mass is 10.1. The first-order valence-electron chi connectivity index (χ1n) is 5.14. The number of hydrogen-bond donors (Lipinski definition) is 1. The van der Waals surface area contributed by atoms with E-state index in [9.17, 15) is 0 Å². The zero-order valence-electron chi connectivity index (χ0n) is 8.94. The van der Waals surface area contributed by atoms with Crippen molar-refractivity contribution in [2.24, 2.45) is 0 Å². The summed E-state index contributed by atoms with van der Waals surface area (Å²) in [6, 6.07) is 0.941. The summed E-state index contributed by atoms with van der Waals surface area (Å²) in [6.07, 6.45) is 3.59. The van der Waals surface area contributed by atoms with Crippen molar-refractivity contribution in [2.45, 2.75) is 25.9 Å². The normalized spacial score (nSPS) is 26.7. The molecule has 0 aliphatic carbocycles. The minimum Gasteiger partial charge on any atom is -0.335 e. The summed E-state index contributed by atoms with van der Waals surface area (Å²) in [4.78, 5) is 10.9. The van der Waals surface area contributed by atoms with Crippen LogP contribution in [0, 0.1) is 0 Å². The molecule has 5 heteroatoms. The molecule has 2 rings (SSSR count). The van der Waals surface area contributed by atoms with Crippen molar-refractivity contribution in [3.05, 3.63) is 16.9 Å². The predicted octanol–water partition coefficient (Wildman–Crippen LogP) is 1.43. The Bertz CT molecular complexity index is 327. The highest BCUT2D eigenvalue weighted by Gasteiger charge is 2.23. The van der Waals surface area contributed by atoms with Gasteiger partial charge in [0.05, 0.1) is 4.47 Å². The van der Waals surface area contributed by atoms with Gasteiger partial charge in [0.2, 0.25) is 5.95 Å². The fourth-order valence-electron chi connectivity index (χ4n) is 1.75.